The standard InChI is InChI=1S/C14H18N2O3/c17-11-6-7-12(13(18)8-11)14(19)16-15-9-10-4-2-1-3-5-10/h6-10,17-18H,1-5H2,(H,16,19)/b15-9+. The van der Waals surface area contributed by atoms with Crippen LogP contribution in [0.25, 0.3) is 0 Å². The second-order valence-corrected chi connectivity index (χ2v) is 4.82. The van der Waals surface area contributed by atoms with Crippen LogP contribution in [0.4, 0.5) is 0 Å². The highest BCUT2D eigenvalue weighted by molar-refractivity contribution is 5.97. The molecule has 1 aliphatic carbocycles. The predicted octanol–water partition coefficient (Wildman–Crippen LogP) is 2.39. The molecule has 1 aromatic carbocycles. The van der Waals surface area contributed by atoms with Gasteiger partial charge < -0.3 is 10.2 Å². The highest BCUT2D eigenvalue weighted by atomic mass is 16.3. The molecular weight excluding hydrogens is 244 g/mol. The Morgan fingerprint density at radius 3 is 2.68 bits per heavy atom. The summed E-state index contributed by atoms with van der Waals surface area (Å²) in [5, 5.41) is 22.6. The Morgan fingerprint density at radius 1 is 1.26 bits per heavy atom. The van der Waals surface area contributed by atoms with Crippen LogP contribution in [0.2, 0.25) is 0 Å². The van der Waals surface area contributed by atoms with Gasteiger partial charge in [-0.2, -0.15) is 5.10 Å². The summed E-state index contributed by atoms with van der Waals surface area (Å²) in [6.45, 7) is 0. The minimum atomic E-state index is -0.482. The average molecular weight is 262 g/mol. The lowest BCUT2D eigenvalue weighted by Gasteiger charge is -2.16. The minimum absolute atomic E-state index is 0.0836. The van der Waals surface area contributed by atoms with Crippen LogP contribution in [-0.4, -0.2) is 22.3 Å². The Labute approximate surface area is 112 Å². The number of phenols is 2. The van der Waals surface area contributed by atoms with Gasteiger partial charge in [0.25, 0.3) is 5.91 Å². The molecule has 0 unspecified atom stereocenters. The second-order valence-electron chi connectivity index (χ2n) is 4.82. The third-order valence-corrected chi connectivity index (χ3v) is 3.33. The summed E-state index contributed by atoms with van der Waals surface area (Å²) in [7, 11) is 0. The zero-order chi connectivity index (χ0) is 13.7. The van der Waals surface area contributed by atoms with Crippen LogP contribution in [0.5, 0.6) is 11.5 Å². The first-order chi connectivity index (χ1) is 9.16. The summed E-state index contributed by atoms with van der Waals surface area (Å²) in [5.74, 6) is -0.392. The van der Waals surface area contributed by atoms with E-state index in [0.717, 1.165) is 18.9 Å². The maximum Gasteiger partial charge on any atom is 0.275 e. The number of amides is 1. The van der Waals surface area contributed by atoms with E-state index in [1.807, 2.05) is 0 Å². The van der Waals surface area contributed by atoms with Crippen molar-refractivity contribution in [2.75, 3.05) is 0 Å². The van der Waals surface area contributed by atoms with Gasteiger partial charge in [-0.15, -0.1) is 0 Å². The molecule has 1 aliphatic rings. The first-order valence-electron chi connectivity index (χ1n) is 6.52. The Kier molecular flexibility index (Phi) is 4.39. The van der Waals surface area contributed by atoms with Crippen molar-refractivity contribution >= 4 is 12.1 Å². The van der Waals surface area contributed by atoms with E-state index in [1.54, 1.807) is 6.21 Å². The van der Waals surface area contributed by atoms with E-state index < -0.39 is 5.91 Å². The fourth-order valence-corrected chi connectivity index (χ4v) is 2.26. The van der Waals surface area contributed by atoms with Gasteiger partial charge in [-0.05, 0) is 30.9 Å². The number of nitrogens with one attached hydrogen (secondary N) is 1. The van der Waals surface area contributed by atoms with Crippen LogP contribution in [-0.2, 0) is 0 Å². The van der Waals surface area contributed by atoms with E-state index in [0.29, 0.717) is 5.92 Å². The van der Waals surface area contributed by atoms with Gasteiger partial charge in [-0.3, -0.25) is 4.79 Å². The summed E-state index contributed by atoms with van der Waals surface area (Å²) in [6, 6.07) is 3.83. The number of hydrazone groups is 1. The molecule has 1 saturated carbocycles. The van der Waals surface area contributed by atoms with Crippen molar-refractivity contribution in [1.82, 2.24) is 5.43 Å². The van der Waals surface area contributed by atoms with E-state index in [9.17, 15) is 9.90 Å². The predicted molar refractivity (Wildman–Crippen MR) is 72.3 cm³/mol. The van der Waals surface area contributed by atoms with E-state index in [1.165, 1.54) is 31.4 Å². The smallest absolute Gasteiger partial charge is 0.275 e. The van der Waals surface area contributed by atoms with Crippen LogP contribution in [0.1, 0.15) is 42.5 Å². The fraction of sp³-hybridized carbons (Fsp3) is 0.429. The van der Waals surface area contributed by atoms with Crippen molar-refractivity contribution in [1.29, 1.82) is 0 Å². The number of phenolic OH excluding ortho intramolecular Hbond substituents is 2. The molecule has 19 heavy (non-hydrogen) atoms. The molecule has 1 fully saturated rings. The van der Waals surface area contributed by atoms with Crippen molar-refractivity contribution in [3.63, 3.8) is 0 Å². The maximum atomic E-state index is 11.8. The monoisotopic (exact) mass is 262 g/mol. The Balaban J connectivity index is 1.91. The molecule has 1 amide bonds. The molecule has 0 spiro atoms. The highest BCUT2D eigenvalue weighted by Crippen LogP contribution is 2.23. The summed E-state index contributed by atoms with van der Waals surface area (Å²) in [6.07, 6.45) is 7.70. The number of hydrogen-bond acceptors (Lipinski definition) is 4. The summed E-state index contributed by atoms with van der Waals surface area (Å²) >= 11 is 0. The van der Waals surface area contributed by atoms with Gasteiger partial charge in [0.15, 0.2) is 0 Å². The lowest BCUT2D eigenvalue weighted by Crippen LogP contribution is -2.19. The van der Waals surface area contributed by atoms with Crippen LogP contribution in [0.15, 0.2) is 23.3 Å². The van der Waals surface area contributed by atoms with Gasteiger partial charge in [0, 0.05) is 12.3 Å². The second kappa shape index (κ2) is 6.22. The molecule has 0 atom stereocenters. The number of carbonyl (C=O) groups is 1. The lowest BCUT2D eigenvalue weighted by atomic mass is 9.90. The molecule has 0 aliphatic heterocycles. The molecule has 5 heteroatoms. The third-order valence-electron chi connectivity index (χ3n) is 3.33. The first kappa shape index (κ1) is 13.4. The zero-order valence-electron chi connectivity index (χ0n) is 10.7. The van der Waals surface area contributed by atoms with Gasteiger partial charge in [-0.25, -0.2) is 5.43 Å². The molecule has 5 nitrogen and oxygen atoms in total. The summed E-state index contributed by atoms with van der Waals surface area (Å²) < 4.78 is 0. The molecule has 3 N–H and O–H groups in total. The number of benzene rings is 1. The number of nitrogens with zero attached hydrogens (tertiary/aromatic N) is 1. The number of rotatable bonds is 3. The van der Waals surface area contributed by atoms with Crippen LogP contribution in [0, 0.1) is 5.92 Å². The first-order valence-corrected chi connectivity index (χ1v) is 6.52. The van der Waals surface area contributed by atoms with Gasteiger partial charge in [0.1, 0.15) is 11.5 Å². The van der Waals surface area contributed by atoms with Crippen LogP contribution >= 0.6 is 0 Å². The van der Waals surface area contributed by atoms with Crippen molar-refractivity contribution in [2.45, 2.75) is 32.1 Å². The third kappa shape index (κ3) is 3.71. The Morgan fingerprint density at radius 2 is 2.00 bits per heavy atom. The molecule has 2 rings (SSSR count). The van der Waals surface area contributed by atoms with E-state index in [2.05, 4.69) is 10.5 Å². The number of carbonyl (C=O) groups excluding carboxylic acids is 1. The number of hydrogen-bond donors (Lipinski definition) is 3. The molecule has 0 heterocycles. The molecule has 0 saturated heterocycles. The minimum Gasteiger partial charge on any atom is -0.508 e. The van der Waals surface area contributed by atoms with Crippen molar-refractivity contribution < 1.29 is 15.0 Å². The fourth-order valence-electron chi connectivity index (χ4n) is 2.26. The average Bonchev–Trinajstić information content (AvgIpc) is 2.39. The van der Waals surface area contributed by atoms with Gasteiger partial charge in [-0.1, -0.05) is 19.3 Å². The highest BCUT2D eigenvalue weighted by Gasteiger charge is 2.12. The summed E-state index contributed by atoms with van der Waals surface area (Å²) in [4.78, 5) is 11.8. The van der Waals surface area contributed by atoms with E-state index in [-0.39, 0.29) is 17.1 Å². The topological polar surface area (TPSA) is 81.9 Å². The van der Waals surface area contributed by atoms with Crippen LogP contribution < -0.4 is 5.43 Å². The van der Waals surface area contributed by atoms with E-state index in [4.69, 9.17) is 5.11 Å². The normalized spacial score (nSPS) is 16.6. The quantitative estimate of drug-likeness (QED) is 0.578. The van der Waals surface area contributed by atoms with Crippen LogP contribution in [0.3, 0.4) is 0 Å². The lowest BCUT2D eigenvalue weighted by molar-refractivity contribution is 0.0952. The van der Waals surface area contributed by atoms with Gasteiger partial charge >= 0.3 is 0 Å². The molecule has 0 bridgehead atoms. The van der Waals surface area contributed by atoms with E-state index >= 15 is 0 Å². The molecule has 1 aromatic rings. The Hall–Kier alpha value is -2.04. The molecular formula is C14H18N2O3. The van der Waals surface area contributed by atoms with Crippen molar-refractivity contribution in [2.24, 2.45) is 11.0 Å². The molecule has 0 radical (unpaired) electrons. The Bertz CT molecular complexity index is 480. The summed E-state index contributed by atoms with van der Waals surface area (Å²) in [5.41, 5.74) is 2.49. The largest absolute Gasteiger partial charge is 0.508 e. The zero-order valence-corrected chi connectivity index (χ0v) is 10.7. The molecule has 102 valence electrons. The SMILES string of the molecule is O=C(N/N=C/C1CCCCC1)c1ccc(O)cc1O. The van der Waals surface area contributed by atoms with Gasteiger partial charge in [0.05, 0.1) is 5.56 Å². The molecule has 0 aromatic heterocycles. The van der Waals surface area contributed by atoms with Gasteiger partial charge in [0.2, 0.25) is 0 Å². The van der Waals surface area contributed by atoms with Crippen molar-refractivity contribution in [3.05, 3.63) is 23.8 Å². The maximum absolute atomic E-state index is 11.8. The number of aromatic hydroxyl groups is 2. The van der Waals surface area contributed by atoms with Crippen molar-refractivity contribution in [3.8, 4) is 11.5 Å².